The summed E-state index contributed by atoms with van der Waals surface area (Å²) in [5.74, 6) is 0.442. The second-order valence-corrected chi connectivity index (χ2v) is 6.92. The van der Waals surface area contributed by atoms with Crippen LogP contribution in [0.2, 0.25) is 0 Å². The number of aromatic hydroxyl groups is 1. The highest BCUT2D eigenvalue weighted by atomic mass is 19.4. The molecule has 154 valence electrons. The Hall–Kier alpha value is -2.26. The second kappa shape index (κ2) is 8.00. The standard InChI is InChI=1S/C19H24F3N3O3/c1-12-18(13(2)25(23-12)11-19(20,21)22)15-10-28-7-6-24(15)9-14-4-5-17(27-3)16(26)8-14/h4-5,8,15,26H,6-7,9-11H2,1-3H3. The van der Waals surface area contributed by atoms with Gasteiger partial charge < -0.3 is 14.6 Å². The summed E-state index contributed by atoms with van der Waals surface area (Å²) in [6.07, 6.45) is -4.33. The predicted octanol–water partition coefficient (Wildman–Crippen LogP) is 3.35. The summed E-state index contributed by atoms with van der Waals surface area (Å²) >= 11 is 0. The first-order valence-electron chi connectivity index (χ1n) is 8.98. The maximum Gasteiger partial charge on any atom is 0.408 e. The lowest BCUT2D eigenvalue weighted by molar-refractivity contribution is -0.143. The van der Waals surface area contributed by atoms with Crippen LogP contribution in [-0.4, -0.2) is 52.8 Å². The molecular weight excluding hydrogens is 375 g/mol. The Morgan fingerprint density at radius 2 is 2.07 bits per heavy atom. The number of aromatic nitrogens is 2. The molecule has 1 aliphatic heterocycles. The number of phenols is 1. The Labute approximate surface area is 161 Å². The molecule has 1 atom stereocenters. The van der Waals surface area contributed by atoms with Gasteiger partial charge in [-0.2, -0.15) is 18.3 Å². The molecule has 1 aromatic carbocycles. The molecule has 1 aliphatic rings. The predicted molar refractivity (Wildman–Crippen MR) is 96.4 cm³/mol. The minimum absolute atomic E-state index is 0.0511. The number of nitrogens with zero attached hydrogens (tertiary/aromatic N) is 3. The zero-order chi connectivity index (χ0) is 20.5. The van der Waals surface area contributed by atoms with Crippen molar-refractivity contribution in [3.05, 3.63) is 40.7 Å². The molecule has 0 spiro atoms. The third kappa shape index (κ3) is 4.41. The van der Waals surface area contributed by atoms with Crippen molar-refractivity contribution < 1.29 is 27.8 Å². The first kappa shape index (κ1) is 20.5. The summed E-state index contributed by atoms with van der Waals surface area (Å²) in [6, 6.07) is 4.98. The molecule has 0 bridgehead atoms. The molecule has 0 aliphatic carbocycles. The number of benzene rings is 1. The smallest absolute Gasteiger partial charge is 0.408 e. The van der Waals surface area contributed by atoms with Crippen molar-refractivity contribution in [3.8, 4) is 11.5 Å². The maximum absolute atomic E-state index is 12.8. The van der Waals surface area contributed by atoms with E-state index in [1.54, 1.807) is 26.0 Å². The minimum Gasteiger partial charge on any atom is -0.504 e. The van der Waals surface area contributed by atoms with Crippen molar-refractivity contribution >= 4 is 0 Å². The van der Waals surface area contributed by atoms with Crippen LogP contribution in [0.4, 0.5) is 13.2 Å². The molecule has 2 aromatic rings. The fourth-order valence-corrected chi connectivity index (χ4v) is 3.68. The monoisotopic (exact) mass is 399 g/mol. The van der Waals surface area contributed by atoms with Crippen LogP contribution >= 0.6 is 0 Å². The van der Waals surface area contributed by atoms with E-state index in [-0.39, 0.29) is 11.8 Å². The van der Waals surface area contributed by atoms with Gasteiger partial charge in [0.2, 0.25) is 0 Å². The lowest BCUT2D eigenvalue weighted by Crippen LogP contribution is -2.39. The van der Waals surface area contributed by atoms with E-state index in [1.165, 1.54) is 7.11 Å². The summed E-state index contributed by atoms with van der Waals surface area (Å²) in [4.78, 5) is 2.14. The van der Waals surface area contributed by atoms with Crippen LogP contribution in [0.5, 0.6) is 11.5 Å². The summed E-state index contributed by atoms with van der Waals surface area (Å²) < 4.78 is 50.2. The van der Waals surface area contributed by atoms with E-state index in [2.05, 4.69) is 10.00 Å². The van der Waals surface area contributed by atoms with Crippen molar-refractivity contribution in [1.29, 1.82) is 0 Å². The van der Waals surface area contributed by atoms with Gasteiger partial charge in [-0.25, -0.2) is 0 Å². The molecule has 0 amide bonds. The Bertz CT molecular complexity index is 836. The molecule has 1 N–H and O–H groups in total. The molecule has 6 nitrogen and oxygen atoms in total. The van der Waals surface area contributed by atoms with E-state index < -0.39 is 12.7 Å². The van der Waals surface area contributed by atoms with Crippen molar-refractivity contribution in [1.82, 2.24) is 14.7 Å². The number of rotatable bonds is 5. The van der Waals surface area contributed by atoms with Crippen LogP contribution in [0.15, 0.2) is 18.2 Å². The van der Waals surface area contributed by atoms with E-state index >= 15 is 0 Å². The molecule has 28 heavy (non-hydrogen) atoms. The van der Waals surface area contributed by atoms with E-state index in [0.29, 0.717) is 43.4 Å². The Morgan fingerprint density at radius 1 is 1.32 bits per heavy atom. The zero-order valence-electron chi connectivity index (χ0n) is 16.1. The van der Waals surface area contributed by atoms with Crippen molar-refractivity contribution in [3.63, 3.8) is 0 Å². The van der Waals surface area contributed by atoms with Gasteiger partial charge in [-0.3, -0.25) is 9.58 Å². The number of alkyl halides is 3. The van der Waals surface area contributed by atoms with Crippen molar-refractivity contribution in [2.75, 3.05) is 26.9 Å². The van der Waals surface area contributed by atoms with Crippen LogP contribution in [0, 0.1) is 13.8 Å². The number of ether oxygens (including phenoxy) is 2. The summed E-state index contributed by atoms with van der Waals surface area (Å²) in [6.45, 7) is 4.33. The van der Waals surface area contributed by atoms with E-state index in [4.69, 9.17) is 9.47 Å². The molecular formula is C19H24F3N3O3. The van der Waals surface area contributed by atoms with Gasteiger partial charge in [0.15, 0.2) is 11.5 Å². The lowest BCUT2D eigenvalue weighted by Gasteiger charge is -2.36. The highest BCUT2D eigenvalue weighted by Gasteiger charge is 2.33. The number of methoxy groups -OCH3 is 1. The molecule has 0 radical (unpaired) electrons. The normalized spacial score (nSPS) is 18.4. The van der Waals surface area contributed by atoms with Crippen LogP contribution in [0.25, 0.3) is 0 Å². The molecule has 2 heterocycles. The Balaban J connectivity index is 1.87. The molecule has 1 fully saturated rings. The largest absolute Gasteiger partial charge is 0.504 e. The molecule has 0 saturated carbocycles. The third-order valence-electron chi connectivity index (χ3n) is 4.97. The number of phenolic OH excluding ortho intramolecular Hbond substituents is 1. The van der Waals surface area contributed by atoms with E-state index in [0.717, 1.165) is 15.8 Å². The fourth-order valence-electron chi connectivity index (χ4n) is 3.68. The average molecular weight is 399 g/mol. The van der Waals surface area contributed by atoms with Gasteiger partial charge in [-0.05, 0) is 31.5 Å². The van der Waals surface area contributed by atoms with Gasteiger partial charge in [0.25, 0.3) is 0 Å². The topological polar surface area (TPSA) is 59.8 Å². The summed E-state index contributed by atoms with van der Waals surface area (Å²) in [7, 11) is 1.48. The zero-order valence-corrected chi connectivity index (χ0v) is 16.1. The van der Waals surface area contributed by atoms with Crippen molar-refractivity contribution in [2.45, 2.75) is 39.2 Å². The summed E-state index contributed by atoms with van der Waals surface area (Å²) in [5, 5.41) is 14.1. The third-order valence-corrected chi connectivity index (χ3v) is 4.97. The first-order chi connectivity index (χ1) is 13.2. The number of halogens is 3. The van der Waals surface area contributed by atoms with Gasteiger partial charge >= 0.3 is 6.18 Å². The first-order valence-corrected chi connectivity index (χ1v) is 8.98. The van der Waals surface area contributed by atoms with Gasteiger partial charge in [0, 0.05) is 24.3 Å². The van der Waals surface area contributed by atoms with Crippen LogP contribution in [0.1, 0.15) is 28.6 Å². The minimum atomic E-state index is -4.33. The second-order valence-electron chi connectivity index (χ2n) is 6.92. The van der Waals surface area contributed by atoms with Gasteiger partial charge in [0.1, 0.15) is 6.54 Å². The molecule has 1 unspecified atom stereocenters. The molecule has 9 heteroatoms. The number of hydrogen-bond acceptors (Lipinski definition) is 5. The summed E-state index contributed by atoms with van der Waals surface area (Å²) in [5.41, 5.74) is 2.71. The van der Waals surface area contributed by atoms with Crippen LogP contribution < -0.4 is 4.74 Å². The lowest BCUT2D eigenvalue weighted by atomic mass is 10.0. The highest BCUT2D eigenvalue weighted by molar-refractivity contribution is 5.41. The van der Waals surface area contributed by atoms with Crippen LogP contribution in [0.3, 0.4) is 0 Å². The molecule has 1 aromatic heterocycles. The molecule has 1 saturated heterocycles. The SMILES string of the molecule is COc1ccc(CN2CCOCC2c2c(C)nn(CC(F)(F)F)c2C)cc1O. The quantitative estimate of drug-likeness (QED) is 0.836. The number of aryl methyl sites for hydroxylation is 1. The Kier molecular flexibility index (Phi) is 5.85. The van der Waals surface area contributed by atoms with Gasteiger partial charge in [0.05, 0.1) is 32.1 Å². The number of hydrogen-bond donors (Lipinski definition) is 1. The van der Waals surface area contributed by atoms with E-state index in [9.17, 15) is 18.3 Å². The maximum atomic E-state index is 12.8. The van der Waals surface area contributed by atoms with E-state index in [1.807, 2.05) is 6.07 Å². The average Bonchev–Trinajstić information content (AvgIpc) is 2.87. The van der Waals surface area contributed by atoms with Crippen LogP contribution in [-0.2, 0) is 17.8 Å². The highest BCUT2D eigenvalue weighted by Crippen LogP contribution is 2.33. The Morgan fingerprint density at radius 3 is 2.71 bits per heavy atom. The van der Waals surface area contributed by atoms with Gasteiger partial charge in [-0.1, -0.05) is 6.07 Å². The van der Waals surface area contributed by atoms with Gasteiger partial charge in [-0.15, -0.1) is 0 Å². The molecule has 3 rings (SSSR count). The fraction of sp³-hybridized carbons (Fsp3) is 0.526. The number of morpholine rings is 1. The van der Waals surface area contributed by atoms with Crippen molar-refractivity contribution in [2.24, 2.45) is 0 Å².